The molecule has 0 spiro atoms. The molecule has 0 fully saturated rings. The van der Waals surface area contributed by atoms with Gasteiger partial charge in [0.05, 0.1) is 12.1 Å². The van der Waals surface area contributed by atoms with E-state index in [1.54, 1.807) is 0 Å². The second-order valence-electron chi connectivity index (χ2n) is 5.36. The summed E-state index contributed by atoms with van der Waals surface area (Å²) in [4.78, 5) is 0. The minimum Gasteiger partial charge on any atom is -0.419 e. The first kappa shape index (κ1) is 17.3. The second kappa shape index (κ2) is 6.76. The molecule has 0 aliphatic rings. The van der Waals surface area contributed by atoms with Gasteiger partial charge in [0.1, 0.15) is 0 Å². The number of aryl methyl sites for hydroxylation is 1. The quantitative estimate of drug-likeness (QED) is 0.677. The van der Waals surface area contributed by atoms with E-state index in [2.05, 4.69) is 15.5 Å². The van der Waals surface area contributed by atoms with Crippen molar-refractivity contribution in [2.24, 2.45) is 0 Å². The van der Waals surface area contributed by atoms with E-state index in [0.717, 1.165) is 17.2 Å². The van der Waals surface area contributed by atoms with Gasteiger partial charge in [0.2, 0.25) is 11.8 Å². The van der Waals surface area contributed by atoms with Crippen molar-refractivity contribution in [2.75, 3.05) is 5.32 Å². The van der Waals surface area contributed by atoms with Crippen LogP contribution in [0.15, 0.2) is 46.9 Å². The van der Waals surface area contributed by atoms with Crippen molar-refractivity contribution in [2.45, 2.75) is 19.6 Å². The maximum absolute atomic E-state index is 13.1. The Morgan fingerprint density at radius 2 is 1.88 bits per heavy atom. The Hall–Kier alpha value is -2.54. The molecule has 0 saturated carbocycles. The van der Waals surface area contributed by atoms with Crippen LogP contribution in [0, 0.1) is 6.92 Å². The van der Waals surface area contributed by atoms with Crippen LogP contribution < -0.4 is 5.32 Å². The van der Waals surface area contributed by atoms with Crippen molar-refractivity contribution in [1.82, 2.24) is 10.2 Å². The summed E-state index contributed by atoms with van der Waals surface area (Å²) in [6.45, 7) is 1.87. The molecule has 130 valence electrons. The fraction of sp³-hybridized carbons (Fsp3) is 0.176. The summed E-state index contributed by atoms with van der Waals surface area (Å²) in [5, 5.41) is 10.5. The Kier molecular flexibility index (Phi) is 4.67. The van der Waals surface area contributed by atoms with Crippen LogP contribution in [0.1, 0.15) is 17.0 Å². The largest absolute Gasteiger partial charge is 0.419 e. The van der Waals surface area contributed by atoms with E-state index in [-0.39, 0.29) is 23.1 Å². The predicted molar refractivity (Wildman–Crippen MR) is 88.3 cm³/mol. The average Bonchev–Trinajstić information content (AvgIpc) is 3.02. The van der Waals surface area contributed by atoms with Gasteiger partial charge in [-0.1, -0.05) is 29.8 Å². The molecular formula is C17H13ClF3N3O. The van der Waals surface area contributed by atoms with Crippen LogP contribution in [0.25, 0.3) is 11.5 Å². The Balaban J connectivity index is 1.79. The molecule has 3 aromatic rings. The highest BCUT2D eigenvalue weighted by atomic mass is 35.5. The third kappa shape index (κ3) is 3.93. The van der Waals surface area contributed by atoms with Crippen molar-refractivity contribution >= 4 is 17.3 Å². The molecule has 0 bridgehead atoms. The molecule has 25 heavy (non-hydrogen) atoms. The second-order valence-corrected chi connectivity index (χ2v) is 5.79. The van der Waals surface area contributed by atoms with Gasteiger partial charge in [-0.2, -0.15) is 13.2 Å². The number of halogens is 4. The molecule has 0 unspecified atom stereocenters. The first-order valence-electron chi connectivity index (χ1n) is 7.33. The third-order valence-corrected chi connectivity index (χ3v) is 3.79. The number of rotatable bonds is 4. The average molecular weight is 368 g/mol. The molecule has 0 aliphatic carbocycles. The molecule has 0 amide bonds. The highest BCUT2D eigenvalue weighted by molar-refractivity contribution is 6.30. The van der Waals surface area contributed by atoms with Crippen LogP contribution in [-0.4, -0.2) is 10.2 Å². The molecule has 1 heterocycles. The number of alkyl halides is 3. The molecule has 0 atom stereocenters. The Morgan fingerprint density at radius 3 is 2.60 bits per heavy atom. The van der Waals surface area contributed by atoms with Gasteiger partial charge in [-0.05, 0) is 36.8 Å². The first-order valence-corrected chi connectivity index (χ1v) is 7.71. The fourth-order valence-electron chi connectivity index (χ4n) is 2.32. The van der Waals surface area contributed by atoms with Gasteiger partial charge in [0.15, 0.2) is 0 Å². The van der Waals surface area contributed by atoms with E-state index in [0.29, 0.717) is 5.89 Å². The topological polar surface area (TPSA) is 51.0 Å². The first-order chi connectivity index (χ1) is 11.8. The van der Waals surface area contributed by atoms with Crippen LogP contribution in [-0.2, 0) is 12.7 Å². The summed E-state index contributed by atoms with van der Waals surface area (Å²) in [6, 6.07) is 11.0. The van der Waals surface area contributed by atoms with Crippen molar-refractivity contribution in [3.63, 3.8) is 0 Å². The zero-order valence-electron chi connectivity index (χ0n) is 13.1. The molecule has 4 nitrogen and oxygen atoms in total. The zero-order valence-corrected chi connectivity index (χ0v) is 13.8. The Morgan fingerprint density at radius 1 is 1.12 bits per heavy atom. The molecule has 2 aromatic carbocycles. The van der Waals surface area contributed by atoms with Crippen LogP contribution >= 0.6 is 11.6 Å². The maximum Gasteiger partial charge on any atom is 0.418 e. The van der Waals surface area contributed by atoms with Gasteiger partial charge in [-0.3, -0.25) is 0 Å². The molecule has 3 rings (SSSR count). The molecule has 0 aliphatic heterocycles. The SMILES string of the molecule is Cc1ccccc1-c1nnc(CNc2ccc(Cl)cc2C(F)(F)F)o1. The molecule has 1 aromatic heterocycles. The lowest BCUT2D eigenvalue weighted by Crippen LogP contribution is -2.11. The highest BCUT2D eigenvalue weighted by Gasteiger charge is 2.33. The summed E-state index contributed by atoms with van der Waals surface area (Å²) < 4.78 is 44.8. The zero-order chi connectivity index (χ0) is 18.0. The lowest BCUT2D eigenvalue weighted by molar-refractivity contribution is -0.137. The van der Waals surface area contributed by atoms with Crippen LogP contribution in [0.5, 0.6) is 0 Å². The standard InChI is InChI=1S/C17H13ClF3N3O/c1-10-4-2-3-5-12(10)16-24-23-15(25-16)9-22-14-7-6-11(18)8-13(14)17(19,20)21/h2-8,22H,9H2,1H3. The minimum atomic E-state index is -4.52. The van der Waals surface area contributed by atoms with Crippen molar-refractivity contribution in [3.8, 4) is 11.5 Å². The smallest absolute Gasteiger partial charge is 0.418 e. The maximum atomic E-state index is 13.1. The summed E-state index contributed by atoms with van der Waals surface area (Å²) in [7, 11) is 0. The van der Waals surface area contributed by atoms with E-state index in [1.165, 1.54) is 12.1 Å². The Labute approximate surface area is 146 Å². The molecule has 0 saturated heterocycles. The number of hydrogen-bond acceptors (Lipinski definition) is 4. The summed E-state index contributed by atoms with van der Waals surface area (Å²) >= 11 is 5.66. The highest BCUT2D eigenvalue weighted by Crippen LogP contribution is 2.36. The van der Waals surface area contributed by atoms with Gasteiger partial charge in [0.25, 0.3) is 0 Å². The number of nitrogens with one attached hydrogen (secondary N) is 1. The van der Waals surface area contributed by atoms with Crippen LogP contribution in [0.3, 0.4) is 0 Å². The molecular weight excluding hydrogens is 355 g/mol. The van der Waals surface area contributed by atoms with E-state index in [4.69, 9.17) is 16.0 Å². The normalized spacial score (nSPS) is 11.6. The Bertz CT molecular complexity index is 893. The van der Waals surface area contributed by atoms with Gasteiger partial charge >= 0.3 is 6.18 Å². The molecule has 1 N–H and O–H groups in total. The summed E-state index contributed by atoms with van der Waals surface area (Å²) in [5.41, 5.74) is 0.789. The number of hydrogen-bond donors (Lipinski definition) is 1. The molecule has 8 heteroatoms. The van der Waals surface area contributed by atoms with Crippen molar-refractivity contribution in [3.05, 3.63) is 64.5 Å². The van der Waals surface area contributed by atoms with Gasteiger partial charge in [-0.15, -0.1) is 10.2 Å². The number of anilines is 1. The van der Waals surface area contributed by atoms with E-state index >= 15 is 0 Å². The number of benzene rings is 2. The minimum absolute atomic E-state index is 0.0116. The number of nitrogens with zero attached hydrogens (tertiary/aromatic N) is 2. The third-order valence-electron chi connectivity index (χ3n) is 3.56. The van der Waals surface area contributed by atoms with Gasteiger partial charge in [0, 0.05) is 16.3 Å². The van der Waals surface area contributed by atoms with E-state index < -0.39 is 11.7 Å². The summed E-state index contributed by atoms with van der Waals surface area (Å²) in [6.07, 6.45) is -4.52. The lowest BCUT2D eigenvalue weighted by atomic mass is 10.1. The van der Waals surface area contributed by atoms with Crippen LogP contribution in [0.2, 0.25) is 5.02 Å². The van der Waals surface area contributed by atoms with Crippen molar-refractivity contribution in [1.29, 1.82) is 0 Å². The summed E-state index contributed by atoms with van der Waals surface area (Å²) in [5.74, 6) is 0.503. The van der Waals surface area contributed by atoms with Crippen LogP contribution in [0.4, 0.5) is 18.9 Å². The lowest BCUT2D eigenvalue weighted by Gasteiger charge is -2.13. The van der Waals surface area contributed by atoms with Gasteiger partial charge < -0.3 is 9.73 Å². The van der Waals surface area contributed by atoms with Crippen molar-refractivity contribution < 1.29 is 17.6 Å². The monoisotopic (exact) mass is 367 g/mol. The van der Waals surface area contributed by atoms with E-state index in [9.17, 15) is 13.2 Å². The predicted octanol–water partition coefficient (Wildman–Crippen LogP) is 5.33. The van der Waals surface area contributed by atoms with Gasteiger partial charge in [-0.25, -0.2) is 0 Å². The number of aromatic nitrogens is 2. The molecule has 0 radical (unpaired) electrons. The van der Waals surface area contributed by atoms with E-state index in [1.807, 2.05) is 31.2 Å². The fourth-order valence-corrected chi connectivity index (χ4v) is 2.49.